The van der Waals surface area contributed by atoms with Crippen molar-refractivity contribution in [3.8, 4) is 0 Å². The van der Waals surface area contributed by atoms with Crippen LogP contribution in [0.2, 0.25) is 0 Å². The van der Waals surface area contributed by atoms with Gasteiger partial charge in [0.05, 0.1) is 11.6 Å². The highest BCUT2D eigenvalue weighted by Gasteiger charge is 2.09. The fourth-order valence-electron chi connectivity index (χ4n) is 1.67. The highest BCUT2D eigenvalue weighted by atomic mass is 15.3. The predicted molar refractivity (Wildman–Crippen MR) is 62.1 cm³/mol. The first-order valence-corrected chi connectivity index (χ1v) is 5.30. The summed E-state index contributed by atoms with van der Waals surface area (Å²) in [5.74, 6) is 0. The zero-order chi connectivity index (χ0) is 10.8. The van der Waals surface area contributed by atoms with Crippen molar-refractivity contribution < 1.29 is 0 Å². The molecule has 0 saturated heterocycles. The van der Waals surface area contributed by atoms with Crippen LogP contribution >= 0.6 is 0 Å². The van der Waals surface area contributed by atoms with Crippen LogP contribution in [0.4, 0.5) is 5.69 Å². The molecule has 2 heterocycles. The third-order valence-electron chi connectivity index (χ3n) is 2.35. The summed E-state index contributed by atoms with van der Waals surface area (Å²) in [7, 11) is 0. The smallest absolute Gasteiger partial charge is 0.160 e. The molecule has 0 amide bonds. The van der Waals surface area contributed by atoms with Gasteiger partial charge in [-0.05, 0) is 26.8 Å². The number of nitrogens with zero attached hydrogens (tertiary/aromatic N) is 3. The number of aromatic nitrogens is 3. The molecule has 0 aromatic carbocycles. The monoisotopic (exact) mass is 204 g/mol. The molecule has 0 aliphatic rings. The van der Waals surface area contributed by atoms with Gasteiger partial charge in [0, 0.05) is 24.5 Å². The highest BCUT2D eigenvalue weighted by Crippen LogP contribution is 2.22. The molecule has 0 atom stereocenters. The molecule has 0 bridgehead atoms. The van der Waals surface area contributed by atoms with E-state index in [0.29, 0.717) is 6.04 Å². The van der Waals surface area contributed by atoms with Gasteiger partial charge in [-0.2, -0.15) is 5.10 Å². The van der Waals surface area contributed by atoms with Gasteiger partial charge >= 0.3 is 0 Å². The minimum absolute atomic E-state index is 0.340. The van der Waals surface area contributed by atoms with Crippen LogP contribution in [0.3, 0.4) is 0 Å². The number of hydrogen-bond acceptors (Lipinski definition) is 3. The average molecular weight is 204 g/mol. The largest absolute Gasteiger partial charge is 0.385 e. The Hall–Kier alpha value is -1.58. The van der Waals surface area contributed by atoms with E-state index in [1.807, 2.05) is 23.1 Å². The van der Waals surface area contributed by atoms with Gasteiger partial charge in [0.1, 0.15) is 0 Å². The molecule has 4 nitrogen and oxygen atoms in total. The molecule has 0 fully saturated rings. The van der Waals surface area contributed by atoms with E-state index >= 15 is 0 Å². The van der Waals surface area contributed by atoms with Gasteiger partial charge < -0.3 is 5.32 Å². The van der Waals surface area contributed by atoms with Crippen LogP contribution in [0.15, 0.2) is 18.5 Å². The van der Waals surface area contributed by atoms with Crippen molar-refractivity contribution >= 4 is 16.7 Å². The number of pyridine rings is 1. The minimum Gasteiger partial charge on any atom is -0.385 e. The highest BCUT2D eigenvalue weighted by molar-refractivity contribution is 5.88. The molecule has 2 rings (SSSR count). The number of hydrogen-bond donors (Lipinski definition) is 1. The summed E-state index contributed by atoms with van der Waals surface area (Å²) in [5.41, 5.74) is 2.05. The number of anilines is 1. The molecular formula is C11H16N4. The summed E-state index contributed by atoms with van der Waals surface area (Å²) in [5, 5.41) is 8.75. The van der Waals surface area contributed by atoms with Crippen molar-refractivity contribution in [1.82, 2.24) is 14.8 Å². The lowest BCUT2D eigenvalue weighted by Gasteiger charge is -2.07. The number of fused-ring (bicyclic) bond motifs is 1. The van der Waals surface area contributed by atoms with Crippen molar-refractivity contribution in [3.05, 3.63) is 18.5 Å². The first-order valence-electron chi connectivity index (χ1n) is 5.30. The molecule has 80 valence electrons. The van der Waals surface area contributed by atoms with Gasteiger partial charge in [-0.15, -0.1) is 0 Å². The molecule has 0 saturated carbocycles. The maximum absolute atomic E-state index is 4.37. The summed E-state index contributed by atoms with van der Waals surface area (Å²) in [4.78, 5) is 4.37. The molecule has 0 unspecified atom stereocenters. The van der Waals surface area contributed by atoms with Gasteiger partial charge in [-0.25, -0.2) is 9.67 Å². The molecule has 4 heteroatoms. The Morgan fingerprint density at radius 2 is 2.27 bits per heavy atom. The van der Waals surface area contributed by atoms with Gasteiger partial charge in [0.2, 0.25) is 0 Å². The summed E-state index contributed by atoms with van der Waals surface area (Å²) in [6.07, 6.45) is 3.70. The normalized spacial score (nSPS) is 11.2. The number of rotatable bonds is 3. The van der Waals surface area contributed by atoms with E-state index in [-0.39, 0.29) is 0 Å². The molecular weight excluding hydrogens is 188 g/mol. The van der Waals surface area contributed by atoms with E-state index in [2.05, 4.69) is 36.2 Å². The van der Waals surface area contributed by atoms with E-state index in [1.165, 1.54) is 0 Å². The van der Waals surface area contributed by atoms with Crippen LogP contribution in [0.1, 0.15) is 26.8 Å². The third-order valence-corrected chi connectivity index (χ3v) is 2.35. The fourth-order valence-corrected chi connectivity index (χ4v) is 1.67. The van der Waals surface area contributed by atoms with Crippen LogP contribution < -0.4 is 5.32 Å². The van der Waals surface area contributed by atoms with E-state index in [4.69, 9.17) is 0 Å². The second-order valence-corrected chi connectivity index (χ2v) is 3.81. The molecule has 2 aromatic rings. The van der Waals surface area contributed by atoms with E-state index in [9.17, 15) is 0 Å². The molecule has 2 aromatic heterocycles. The van der Waals surface area contributed by atoms with Crippen molar-refractivity contribution in [2.75, 3.05) is 11.9 Å². The minimum atomic E-state index is 0.340. The molecule has 0 aliphatic heterocycles. The standard InChI is InChI=1S/C11H16N4/c1-4-12-10-5-6-13-11-9(10)7-14-15(11)8(2)3/h5-8H,4H2,1-3H3,(H,12,13). The quantitative estimate of drug-likeness (QED) is 0.835. The van der Waals surface area contributed by atoms with Crippen LogP contribution in [0.25, 0.3) is 11.0 Å². The van der Waals surface area contributed by atoms with Gasteiger partial charge in [0.15, 0.2) is 5.65 Å². The lowest BCUT2D eigenvalue weighted by atomic mass is 10.3. The van der Waals surface area contributed by atoms with Crippen LogP contribution in [0.5, 0.6) is 0 Å². The first kappa shape index (κ1) is 9.96. The van der Waals surface area contributed by atoms with Gasteiger partial charge in [0.25, 0.3) is 0 Å². The molecule has 0 aliphatic carbocycles. The summed E-state index contributed by atoms with van der Waals surface area (Å²) in [6.45, 7) is 7.20. The predicted octanol–water partition coefficient (Wildman–Crippen LogP) is 2.44. The van der Waals surface area contributed by atoms with E-state index < -0.39 is 0 Å². The Morgan fingerprint density at radius 3 is 2.93 bits per heavy atom. The van der Waals surface area contributed by atoms with Crippen LogP contribution in [0, 0.1) is 0 Å². The Kier molecular flexibility index (Phi) is 2.58. The Labute approximate surface area is 89.3 Å². The van der Waals surface area contributed by atoms with Crippen LogP contribution in [-0.4, -0.2) is 21.3 Å². The third kappa shape index (κ3) is 1.67. The van der Waals surface area contributed by atoms with Gasteiger partial charge in [-0.3, -0.25) is 0 Å². The van der Waals surface area contributed by atoms with Crippen LogP contribution in [-0.2, 0) is 0 Å². The zero-order valence-corrected chi connectivity index (χ0v) is 9.36. The summed E-state index contributed by atoms with van der Waals surface area (Å²) >= 11 is 0. The average Bonchev–Trinajstić information content (AvgIpc) is 2.62. The fraction of sp³-hybridized carbons (Fsp3) is 0.455. The lowest BCUT2D eigenvalue weighted by molar-refractivity contribution is 0.546. The maximum Gasteiger partial charge on any atom is 0.160 e. The van der Waals surface area contributed by atoms with Crippen molar-refractivity contribution in [2.45, 2.75) is 26.8 Å². The Balaban J connectivity index is 2.58. The van der Waals surface area contributed by atoms with E-state index in [0.717, 1.165) is 23.3 Å². The molecule has 15 heavy (non-hydrogen) atoms. The van der Waals surface area contributed by atoms with E-state index in [1.54, 1.807) is 0 Å². The van der Waals surface area contributed by atoms with Crippen molar-refractivity contribution in [1.29, 1.82) is 0 Å². The van der Waals surface area contributed by atoms with Crippen molar-refractivity contribution in [3.63, 3.8) is 0 Å². The molecule has 1 N–H and O–H groups in total. The van der Waals surface area contributed by atoms with Gasteiger partial charge in [-0.1, -0.05) is 0 Å². The zero-order valence-electron chi connectivity index (χ0n) is 9.36. The Bertz CT molecular complexity index is 459. The molecule has 0 radical (unpaired) electrons. The second kappa shape index (κ2) is 3.88. The van der Waals surface area contributed by atoms with Crippen molar-refractivity contribution in [2.24, 2.45) is 0 Å². The number of nitrogens with one attached hydrogen (secondary N) is 1. The summed E-state index contributed by atoms with van der Waals surface area (Å²) in [6, 6.07) is 2.32. The topological polar surface area (TPSA) is 42.7 Å². The second-order valence-electron chi connectivity index (χ2n) is 3.81. The summed E-state index contributed by atoms with van der Waals surface area (Å²) < 4.78 is 1.94. The SMILES string of the molecule is CCNc1ccnc2c1cnn2C(C)C. The maximum atomic E-state index is 4.37. The Morgan fingerprint density at radius 1 is 1.47 bits per heavy atom. The lowest BCUT2D eigenvalue weighted by Crippen LogP contribution is -2.03. The molecule has 0 spiro atoms. The first-order chi connectivity index (χ1) is 7.24.